The third-order valence-electron chi connectivity index (χ3n) is 3.15. The van der Waals surface area contributed by atoms with Crippen molar-refractivity contribution in [3.63, 3.8) is 0 Å². The summed E-state index contributed by atoms with van der Waals surface area (Å²) in [5, 5.41) is 10.8. The molecule has 0 spiro atoms. The second kappa shape index (κ2) is 4.82. The van der Waals surface area contributed by atoms with Crippen LogP contribution in [0.2, 0.25) is 0 Å². The first kappa shape index (κ1) is 13.0. The highest BCUT2D eigenvalue weighted by atomic mass is 16.6. The van der Waals surface area contributed by atoms with Crippen molar-refractivity contribution in [1.29, 1.82) is 0 Å². The van der Waals surface area contributed by atoms with E-state index in [1.807, 2.05) is 13.0 Å². The molecule has 0 radical (unpaired) electrons. The molecule has 0 amide bonds. The number of aromatic nitrogens is 4. The minimum Gasteiger partial charge on any atom is -0.339 e. The average molecular weight is 285 g/mol. The van der Waals surface area contributed by atoms with Gasteiger partial charge >= 0.3 is 0 Å². The van der Waals surface area contributed by atoms with Gasteiger partial charge < -0.3 is 9.55 Å². The van der Waals surface area contributed by atoms with Crippen molar-refractivity contribution in [2.24, 2.45) is 0 Å². The summed E-state index contributed by atoms with van der Waals surface area (Å²) in [6.45, 7) is 2.04. The zero-order valence-corrected chi connectivity index (χ0v) is 11.1. The predicted octanol–water partition coefficient (Wildman–Crippen LogP) is 1.38. The Morgan fingerprint density at radius 1 is 1.38 bits per heavy atom. The zero-order chi connectivity index (χ0) is 15.0. The Morgan fingerprint density at radius 3 is 2.90 bits per heavy atom. The summed E-state index contributed by atoms with van der Waals surface area (Å²) in [5.41, 5.74) is 1.88. The third kappa shape index (κ3) is 2.38. The van der Waals surface area contributed by atoms with Gasteiger partial charge in [-0.1, -0.05) is 0 Å². The first-order valence-electron chi connectivity index (χ1n) is 6.19. The molecule has 0 fully saturated rings. The Hall–Kier alpha value is -3.03. The van der Waals surface area contributed by atoms with E-state index in [1.54, 1.807) is 6.20 Å². The quantitative estimate of drug-likeness (QED) is 0.578. The topological polar surface area (TPSA) is 107 Å². The molecular formula is C13H11N5O3. The molecule has 0 unspecified atom stereocenters. The summed E-state index contributed by atoms with van der Waals surface area (Å²) >= 11 is 0. The van der Waals surface area contributed by atoms with Gasteiger partial charge in [0.15, 0.2) is 5.65 Å². The Bertz CT molecular complexity index is 896. The van der Waals surface area contributed by atoms with E-state index in [-0.39, 0.29) is 17.8 Å². The van der Waals surface area contributed by atoms with E-state index in [1.165, 1.54) is 22.9 Å². The Balaban J connectivity index is 2.02. The fourth-order valence-corrected chi connectivity index (χ4v) is 2.07. The fraction of sp³-hybridized carbons (Fsp3) is 0.154. The lowest BCUT2D eigenvalue weighted by atomic mass is 10.3. The van der Waals surface area contributed by atoms with Crippen molar-refractivity contribution in [3.8, 4) is 0 Å². The number of imidazole rings is 1. The van der Waals surface area contributed by atoms with Crippen molar-refractivity contribution in [2.45, 2.75) is 13.5 Å². The highest BCUT2D eigenvalue weighted by Crippen LogP contribution is 2.14. The summed E-state index contributed by atoms with van der Waals surface area (Å²) in [7, 11) is 0. The molecule has 0 bridgehead atoms. The standard InChI is InChI=1S/C13H11N5O3/c1-8-4-5-14-13-12(8)15-10(16-13)7-17-6-9(18(20)21)2-3-11(17)19/h2-6H,7H2,1H3,(H,14,15,16). The number of H-pyrrole nitrogens is 1. The van der Waals surface area contributed by atoms with E-state index < -0.39 is 4.92 Å². The molecular weight excluding hydrogens is 274 g/mol. The molecule has 3 rings (SSSR count). The molecule has 0 saturated carbocycles. The highest BCUT2D eigenvalue weighted by molar-refractivity contribution is 5.74. The number of rotatable bonds is 3. The highest BCUT2D eigenvalue weighted by Gasteiger charge is 2.11. The normalized spacial score (nSPS) is 10.9. The molecule has 8 nitrogen and oxygen atoms in total. The maximum Gasteiger partial charge on any atom is 0.285 e. The van der Waals surface area contributed by atoms with Gasteiger partial charge in [0.1, 0.15) is 5.82 Å². The fourth-order valence-electron chi connectivity index (χ4n) is 2.07. The molecule has 1 N–H and O–H groups in total. The molecule has 0 aliphatic carbocycles. The van der Waals surface area contributed by atoms with Gasteiger partial charge in [0.05, 0.1) is 23.2 Å². The van der Waals surface area contributed by atoms with Gasteiger partial charge in [0.2, 0.25) is 0 Å². The number of hydrogen-bond acceptors (Lipinski definition) is 5. The molecule has 21 heavy (non-hydrogen) atoms. The van der Waals surface area contributed by atoms with Gasteiger partial charge in [0.25, 0.3) is 11.2 Å². The van der Waals surface area contributed by atoms with Crippen LogP contribution in [0.4, 0.5) is 5.69 Å². The number of aromatic amines is 1. The van der Waals surface area contributed by atoms with Crippen LogP contribution in [0.3, 0.4) is 0 Å². The second-order valence-corrected chi connectivity index (χ2v) is 4.62. The van der Waals surface area contributed by atoms with Crippen LogP contribution in [-0.2, 0) is 6.54 Å². The summed E-state index contributed by atoms with van der Waals surface area (Å²) < 4.78 is 1.24. The molecule has 0 saturated heterocycles. The maximum absolute atomic E-state index is 11.8. The summed E-state index contributed by atoms with van der Waals surface area (Å²) in [6.07, 6.45) is 2.86. The minimum absolute atomic E-state index is 0.121. The van der Waals surface area contributed by atoms with Gasteiger partial charge in [-0.05, 0) is 18.6 Å². The van der Waals surface area contributed by atoms with Crippen LogP contribution in [0, 0.1) is 17.0 Å². The lowest BCUT2D eigenvalue weighted by Gasteiger charge is -2.02. The summed E-state index contributed by atoms with van der Waals surface area (Å²) in [6, 6.07) is 4.21. The monoisotopic (exact) mass is 285 g/mol. The average Bonchev–Trinajstić information content (AvgIpc) is 2.85. The van der Waals surface area contributed by atoms with Gasteiger partial charge in [-0.15, -0.1) is 0 Å². The SMILES string of the molecule is Cc1ccnc2nc(Cn3cc([N+](=O)[O-])ccc3=O)[nH]c12. The third-order valence-corrected chi connectivity index (χ3v) is 3.15. The van der Waals surface area contributed by atoms with Crippen molar-refractivity contribution in [3.05, 3.63) is 62.4 Å². The van der Waals surface area contributed by atoms with Crippen molar-refractivity contribution in [2.75, 3.05) is 0 Å². The van der Waals surface area contributed by atoms with E-state index in [0.717, 1.165) is 11.1 Å². The van der Waals surface area contributed by atoms with Crippen LogP contribution in [0.1, 0.15) is 11.4 Å². The summed E-state index contributed by atoms with van der Waals surface area (Å²) in [4.78, 5) is 33.5. The molecule has 3 heterocycles. The van der Waals surface area contributed by atoms with Crippen molar-refractivity contribution >= 4 is 16.9 Å². The van der Waals surface area contributed by atoms with Crippen molar-refractivity contribution < 1.29 is 4.92 Å². The molecule has 0 aromatic carbocycles. The first-order valence-corrected chi connectivity index (χ1v) is 6.19. The predicted molar refractivity (Wildman–Crippen MR) is 75.1 cm³/mol. The lowest BCUT2D eigenvalue weighted by molar-refractivity contribution is -0.385. The van der Waals surface area contributed by atoms with E-state index in [4.69, 9.17) is 0 Å². The molecule has 0 atom stereocenters. The lowest BCUT2D eigenvalue weighted by Crippen LogP contribution is -2.20. The van der Waals surface area contributed by atoms with Gasteiger partial charge in [0, 0.05) is 18.3 Å². The first-order chi connectivity index (χ1) is 10.0. The Morgan fingerprint density at radius 2 is 2.19 bits per heavy atom. The van der Waals surface area contributed by atoms with Crippen LogP contribution < -0.4 is 5.56 Å². The largest absolute Gasteiger partial charge is 0.339 e. The van der Waals surface area contributed by atoms with E-state index in [0.29, 0.717) is 11.5 Å². The Labute approximate surface area is 118 Å². The number of hydrogen-bond donors (Lipinski definition) is 1. The summed E-state index contributed by atoms with van der Waals surface area (Å²) in [5.74, 6) is 0.523. The van der Waals surface area contributed by atoms with Gasteiger partial charge in [-0.3, -0.25) is 14.9 Å². The number of nitro groups is 1. The van der Waals surface area contributed by atoms with Crippen LogP contribution in [-0.4, -0.2) is 24.4 Å². The number of nitrogens with one attached hydrogen (secondary N) is 1. The smallest absolute Gasteiger partial charge is 0.285 e. The van der Waals surface area contributed by atoms with Crippen LogP contribution in [0.15, 0.2) is 35.4 Å². The van der Waals surface area contributed by atoms with E-state index >= 15 is 0 Å². The molecule has 3 aromatic rings. The van der Waals surface area contributed by atoms with Gasteiger partial charge in [-0.2, -0.15) is 0 Å². The maximum atomic E-state index is 11.8. The number of fused-ring (bicyclic) bond motifs is 1. The molecule has 3 aromatic heterocycles. The van der Waals surface area contributed by atoms with Gasteiger partial charge in [-0.25, -0.2) is 9.97 Å². The number of aryl methyl sites for hydroxylation is 1. The van der Waals surface area contributed by atoms with E-state index in [2.05, 4.69) is 15.0 Å². The van der Waals surface area contributed by atoms with Crippen LogP contribution in [0.25, 0.3) is 11.2 Å². The molecule has 0 aliphatic heterocycles. The van der Waals surface area contributed by atoms with Crippen LogP contribution >= 0.6 is 0 Å². The Kier molecular flexibility index (Phi) is 2.98. The van der Waals surface area contributed by atoms with Crippen molar-refractivity contribution in [1.82, 2.24) is 19.5 Å². The second-order valence-electron chi connectivity index (χ2n) is 4.62. The molecule has 8 heteroatoms. The molecule has 106 valence electrons. The minimum atomic E-state index is -0.541. The number of nitrogens with zero attached hydrogens (tertiary/aromatic N) is 4. The molecule has 0 aliphatic rings. The zero-order valence-electron chi connectivity index (χ0n) is 11.1. The van der Waals surface area contributed by atoms with Crippen LogP contribution in [0.5, 0.6) is 0 Å². The number of pyridine rings is 2. The van der Waals surface area contributed by atoms with E-state index in [9.17, 15) is 14.9 Å².